The third-order valence-corrected chi connectivity index (χ3v) is 4.17. The highest BCUT2D eigenvalue weighted by molar-refractivity contribution is 5.93. The summed E-state index contributed by atoms with van der Waals surface area (Å²) in [6.07, 6.45) is 3.44. The monoisotopic (exact) mass is 368 g/mol. The molecule has 0 saturated carbocycles. The van der Waals surface area contributed by atoms with Crippen molar-refractivity contribution in [1.29, 1.82) is 0 Å². The third kappa shape index (κ3) is 4.20. The molecule has 0 aliphatic carbocycles. The first-order chi connectivity index (χ1) is 13.0. The summed E-state index contributed by atoms with van der Waals surface area (Å²) in [7, 11) is 3.28. The van der Waals surface area contributed by atoms with Crippen molar-refractivity contribution in [2.45, 2.75) is 19.4 Å². The number of anilines is 1. The van der Waals surface area contributed by atoms with Crippen molar-refractivity contribution in [3.63, 3.8) is 0 Å². The number of amides is 2. The smallest absolute Gasteiger partial charge is 0.329 e. The Balaban J connectivity index is 1.53. The van der Waals surface area contributed by atoms with Crippen molar-refractivity contribution in [3.05, 3.63) is 52.7 Å². The molecule has 0 atom stereocenters. The van der Waals surface area contributed by atoms with Gasteiger partial charge in [0.2, 0.25) is 11.8 Å². The lowest BCUT2D eigenvalue weighted by atomic mass is 10.2. The lowest BCUT2D eigenvalue weighted by Crippen LogP contribution is -2.24. The van der Waals surface area contributed by atoms with Crippen LogP contribution in [0.4, 0.5) is 5.82 Å². The highest BCUT2D eigenvalue weighted by atomic mass is 16.2. The first kappa shape index (κ1) is 18.3. The van der Waals surface area contributed by atoms with E-state index in [0.717, 1.165) is 5.56 Å². The molecule has 0 fully saturated rings. The van der Waals surface area contributed by atoms with Crippen LogP contribution in [0.3, 0.4) is 0 Å². The fourth-order valence-corrected chi connectivity index (χ4v) is 2.66. The molecule has 0 radical (unpaired) electrons. The van der Waals surface area contributed by atoms with Gasteiger partial charge >= 0.3 is 5.69 Å². The van der Waals surface area contributed by atoms with Gasteiger partial charge in [-0.3, -0.25) is 23.7 Å². The maximum atomic E-state index is 12.1. The zero-order valence-corrected chi connectivity index (χ0v) is 15.1. The van der Waals surface area contributed by atoms with Gasteiger partial charge < -0.3 is 10.6 Å². The second-order valence-corrected chi connectivity index (χ2v) is 6.13. The Morgan fingerprint density at radius 1 is 1.07 bits per heavy atom. The van der Waals surface area contributed by atoms with E-state index in [1.165, 1.54) is 9.13 Å². The van der Waals surface area contributed by atoms with Gasteiger partial charge in [0.1, 0.15) is 5.82 Å². The molecule has 0 aliphatic heterocycles. The van der Waals surface area contributed by atoms with Crippen LogP contribution in [-0.4, -0.2) is 30.9 Å². The number of carbonyl (C=O) groups is 2. The fourth-order valence-electron chi connectivity index (χ4n) is 2.66. The van der Waals surface area contributed by atoms with Gasteiger partial charge in [-0.05, 0) is 23.8 Å². The van der Waals surface area contributed by atoms with E-state index in [-0.39, 0.29) is 30.3 Å². The predicted octanol–water partition coefficient (Wildman–Crippen LogP) is 0.702. The molecule has 0 saturated heterocycles. The van der Waals surface area contributed by atoms with Gasteiger partial charge in [0, 0.05) is 45.9 Å². The van der Waals surface area contributed by atoms with Gasteiger partial charge in [-0.15, -0.1) is 0 Å². The van der Waals surface area contributed by atoms with Gasteiger partial charge in [-0.1, -0.05) is 6.07 Å². The van der Waals surface area contributed by atoms with Gasteiger partial charge in [-0.25, -0.2) is 9.78 Å². The number of hydrogen-bond acceptors (Lipinski definition) is 5. The van der Waals surface area contributed by atoms with Crippen LogP contribution in [0.1, 0.15) is 18.4 Å². The highest BCUT2D eigenvalue weighted by Gasteiger charge is 2.12. The minimum absolute atomic E-state index is 0.0340. The molecule has 3 aromatic heterocycles. The molecular formula is C18H20N6O3. The van der Waals surface area contributed by atoms with Gasteiger partial charge in [0.05, 0.1) is 5.52 Å². The number of rotatable bonds is 6. The minimum atomic E-state index is -0.320. The summed E-state index contributed by atoms with van der Waals surface area (Å²) in [6, 6.07) is 7.00. The summed E-state index contributed by atoms with van der Waals surface area (Å²) in [5.41, 5.74) is 1.86. The number of nitrogens with zero attached hydrogens (tertiary/aromatic N) is 4. The molecule has 0 bridgehead atoms. The molecule has 2 N–H and O–H groups in total. The number of fused-ring (bicyclic) bond motifs is 1. The maximum absolute atomic E-state index is 12.1. The zero-order chi connectivity index (χ0) is 19.4. The Kier molecular flexibility index (Phi) is 5.30. The summed E-state index contributed by atoms with van der Waals surface area (Å²) in [4.78, 5) is 44.1. The normalized spacial score (nSPS) is 10.7. The number of hydrogen-bond donors (Lipinski definition) is 2. The van der Waals surface area contributed by atoms with Crippen LogP contribution in [-0.2, 0) is 30.2 Å². The number of aromatic nitrogens is 4. The lowest BCUT2D eigenvalue weighted by Gasteiger charge is -2.06. The Morgan fingerprint density at radius 3 is 2.59 bits per heavy atom. The Hall–Kier alpha value is -3.49. The molecule has 27 heavy (non-hydrogen) atoms. The number of nitrogens with one attached hydrogen (secondary N) is 2. The van der Waals surface area contributed by atoms with Crippen LogP contribution in [0.25, 0.3) is 11.2 Å². The molecule has 9 heteroatoms. The molecule has 3 aromatic rings. The first-order valence-electron chi connectivity index (χ1n) is 8.43. The second kappa shape index (κ2) is 7.81. The summed E-state index contributed by atoms with van der Waals surface area (Å²) in [5.74, 6) is -0.202. The molecule has 0 aliphatic rings. The van der Waals surface area contributed by atoms with Gasteiger partial charge in [0.15, 0.2) is 5.65 Å². The third-order valence-electron chi connectivity index (χ3n) is 4.17. The van der Waals surface area contributed by atoms with E-state index in [1.807, 2.05) is 6.07 Å². The number of aryl methyl sites for hydroxylation is 2. The van der Waals surface area contributed by atoms with E-state index in [1.54, 1.807) is 44.7 Å². The van der Waals surface area contributed by atoms with Crippen LogP contribution in [0.15, 0.2) is 41.5 Å². The van der Waals surface area contributed by atoms with Crippen molar-refractivity contribution in [3.8, 4) is 0 Å². The molecule has 0 aromatic carbocycles. The SMILES string of the molecule is Cn1c(=O)n(C)c2nc(NC(=O)CCC(=O)NCc3cccnc3)ccc21. The molecule has 2 amide bonds. The molecule has 140 valence electrons. The van der Waals surface area contributed by atoms with Crippen molar-refractivity contribution >= 4 is 28.8 Å². The average Bonchev–Trinajstić information content (AvgIpc) is 2.89. The van der Waals surface area contributed by atoms with Crippen molar-refractivity contribution in [2.24, 2.45) is 14.1 Å². The van der Waals surface area contributed by atoms with E-state index < -0.39 is 0 Å². The molecular weight excluding hydrogens is 348 g/mol. The Labute approximate surface area is 155 Å². The van der Waals surface area contributed by atoms with Gasteiger partial charge in [0.25, 0.3) is 0 Å². The lowest BCUT2D eigenvalue weighted by molar-refractivity contribution is -0.124. The summed E-state index contributed by atoms with van der Waals surface area (Å²) >= 11 is 0. The van der Waals surface area contributed by atoms with E-state index in [2.05, 4.69) is 20.6 Å². The predicted molar refractivity (Wildman–Crippen MR) is 99.9 cm³/mol. The largest absolute Gasteiger partial charge is 0.352 e. The van der Waals surface area contributed by atoms with Crippen molar-refractivity contribution in [2.75, 3.05) is 5.32 Å². The summed E-state index contributed by atoms with van der Waals surface area (Å²) < 4.78 is 2.90. The topological polar surface area (TPSA) is 111 Å². The molecule has 0 spiro atoms. The fraction of sp³-hybridized carbons (Fsp3) is 0.278. The quantitative estimate of drug-likeness (QED) is 0.665. The van der Waals surface area contributed by atoms with Crippen LogP contribution < -0.4 is 16.3 Å². The molecule has 0 unspecified atom stereocenters. The van der Waals surface area contributed by atoms with Crippen LogP contribution in [0, 0.1) is 0 Å². The first-order valence-corrected chi connectivity index (χ1v) is 8.43. The Morgan fingerprint density at radius 2 is 1.85 bits per heavy atom. The van der Waals surface area contributed by atoms with E-state index >= 15 is 0 Å². The standard InChI is InChI=1S/C18H20N6O3/c1-23-13-5-6-14(22-17(13)24(2)18(23)27)21-16(26)8-7-15(25)20-11-12-4-3-9-19-10-12/h3-6,9-10H,7-8,11H2,1-2H3,(H,20,25)(H,21,22,26). The molecule has 9 nitrogen and oxygen atoms in total. The minimum Gasteiger partial charge on any atom is -0.352 e. The van der Waals surface area contributed by atoms with Crippen molar-refractivity contribution < 1.29 is 9.59 Å². The number of pyridine rings is 2. The summed E-state index contributed by atoms with van der Waals surface area (Å²) in [5, 5.41) is 5.40. The maximum Gasteiger partial charge on any atom is 0.329 e. The van der Waals surface area contributed by atoms with Crippen molar-refractivity contribution in [1.82, 2.24) is 24.4 Å². The van der Waals surface area contributed by atoms with Crippen LogP contribution in [0.2, 0.25) is 0 Å². The molecule has 3 rings (SSSR count). The number of imidazole rings is 1. The van der Waals surface area contributed by atoms with Crippen LogP contribution >= 0.6 is 0 Å². The molecule has 3 heterocycles. The van der Waals surface area contributed by atoms with E-state index in [9.17, 15) is 14.4 Å². The van der Waals surface area contributed by atoms with Crippen LogP contribution in [0.5, 0.6) is 0 Å². The average molecular weight is 368 g/mol. The number of carbonyl (C=O) groups excluding carboxylic acids is 2. The second-order valence-electron chi connectivity index (χ2n) is 6.13. The summed E-state index contributed by atoms with van der Waals surface area (Å²) in [6.45, 7) is 0.370. The highest BCUT2D eigenvalue weighted by Crippen LogP contribution is 2.13. The Bertz CT molecular complexity index is 1040. The van der Waals surface area contributed by atoms with E-state index in [0.29, 0.717) is 23.5 Å². The van der Waals surface area contributed by atoms with E-state index in [4.69, 9.17) is 0 Å². The zero-order valence-electron chi connectivity index (χ0n) is 15.1. The van der Waals surface area contributed by atoms with Gasteiger partial charge in [-0.2, -0.15) is 0 Å².